The van der Waals surface area contributed by atoms with Crippen molar-refractivity contribution in [2.24, 2.45) is 5.41 Å². The highest BCUT2D eigenvalue weighted by Crippen LogP contribution is 2.49. The number of halogens is 2. The highest BCUT2D eigenvalue weighted by Gasteiger charge is 2.53. The second kappa shape index (κ2) is 6.80. The summed E-state index contributed by atoms with van der Waals surface area (Å²) >= 11 is 7.06. The van der Waals surface area contributed by atoms with Crippen LogP contribution in [0.2, 0.25) is 0 Å². The number of nitrogens with one attached hydrogen (secondary N) is 1. The monoisotopic (exact) mass is 403 g/mol. The lowest BCUT2D eigenvalue weighted by Gasteiger charge is -2.55. The molecule has 112 valence electrons. The standard InChI is InChI=1S/C16H23Br2NO/c1-4-16(5-2)14(19-6-3)10-15(16)20-13-8-7-11(17)9-12(13)18/h7-9,14-15,19H,4-6,10H2,1-3H3. The van der Waals surface area contributed by atoms with Gasteiger partial charge in [0.1, 0.15) is 11.9 Å². The lowest BCUT2D eigenvalue weighted by Crippen LogP contribution is -2.64. The van der Waals surface area contributed by atoms with Crippen LogP contribution in [0.4, 0.5) is 0 Å². The van der Waals surface area contributed by atoms with Crippen LogP contribution in [-0.4, -0.2) is 18.7 Å². The van der Waals surface area contributed by atoms with Crippen LogP contribution < -0.4 is 10.1 Å². The zero-order valence-electron chi connectivity index (χ0n) is 12.4. The van der Waals surface area contributed by atoms with Gasteiger partial charge in [0, 0.05) is 22.4 Å². The van der Waals surface area contributed by atoms with Crippen molar-refractivity contribution in [1.82, 2.24) is 5.32 Å². The highest BCUT2D eigenvalue weighted by atomic mass is 79.9. The summed E-state index contributed by atoms with van der Waals surface area (Å²) in [6.07, 6.45) is 3.71. The van der Waals surface area contributed by atoms with Gasteiger partial charge in [0.2, 0.25) is 0 Å². The Bertz CT molecular complexity index is 460. The molecule has 4 heteroatoms. The fourth-order valence-electron chi connectivity index (χ4n) is 3.37. The summed E-state index contributed by atoms with van der Waals surface area (Å²) in [6, 6.07) is 6.68. The maximum atomic E-state index is 6.30. The molecule has 0 spiro atoms. The molecule has 1 saturated carbocycles. The molecule has 0 bridgehead atoms. The fraction of sp³-hybridized carbons (Fsp3) is 0.625. The molecular weight excluding hydrogens is 382 g/mol. The summed E-state index contributed by atoms with van der Waals surface area (Å²) in [4.78, 5) is 0. The molecule has 1 fully saturated rings. The predicted octanol–water partition coefficient (Wildman–Crippen LogP) is 5.15. The number of benzene rings is 1. The SMILES string of the molecule is CCNC1CC(Oc2ccc(Br)cc2Br)C1(CC)CC. The first-order valence-corrected chi connectivity index (χ1v) is 9.01. The third kappa shape index (κ3) is 2.93. The quantitative estimate of drug-likeness (QED) is 0.707. The average molecular weight is 405 g/mol. The molecule has 0 saturated heterocycles. The zero-order chi connectivity index (χ0) is 14.8. The minimum absolute atomic E-state index is 0.266. The third-order valence-corrected chi connectivity index (χ3v) is 5.83. The van der Waals surface area contributed by atoms with Crippen molar-refractivity contribution in [2.75, 3.05) is 6.54 Å². The first-order valence-electron chi connectivity index (χ1n) is 7.42. The Kier molecular flexibility index (Phi) is 5.55. The van der Waals surface area contributed by atoms with Crippen LogP contribution in [0, 0.1) is 5.41 Å². The molecule has 1 N–H and O–H groups in total. The Morgan fingerprint density at radius 2 is 1.95 bits per heavy atom. The summed E-state index contributed by atoms with van der Waals surface area (Å²) in [5.41, 5.74) is 0.266. The van der Waals surface area contributed by atoms with Crippen LogP contribution >= 0.6 is 31.9 Å². The van der Waals surface area contributed by atoms with Gasteiger partial charge in [-0.1, -0.05) is 36.7 Å². The van der Waals surface area contributed by atoms with Crippen LogP contribution in [0.5, 0.6) is 5.75 Å². The van der Waals surface area contributed by atoms with E-state index in [4.69, 9.17) is 4.74 Å². The Balaban J connectivity index is 2.13. The molecule has 0 aromatic heterocycles. The highest BCUT2D eigenvalue weighted by molar-refractivity contribution is 9.11. The van der Waals surface area contributed by atoms with E-state index >= 15 is 0 Å². The first kappa shape index (κ1) is 16.3. The van der Waals surface area contributed by atoms with Crippen molar-refractivity contribution < 1.29 is 4.74 Å². The molecular formula is C16H23Br2NO. The topological polar surface area (TPSA) is 21.3 Å². The minimum Gasteiger partial charge on any atom is -0.489 e. The molecule has 0 radical (unpaired) electrons. The molecule has 1 aromatic carbocycles. The normalized spacial score (nSPS) is 24.2. The molecule has 2 atom stereocenters. The van der Waals surface area contributed by atoms with E-state index in [0.717, 1.165) is 40.5 Å². The van der Waals surface area contributed by atoms with Crippen LogP contribution in [0.15, 0.2) is 27.1 Å². The van der Waals surface area contributed by atoms with Crippen LogP contribution in [0.3, 0.4) is 0 Å². The fourth-order valence-corrected chi connectivity index (χ4v) is 4.51. The van der Waals surface area contributed by atoms with Crippen molar-refractivity contribution in [2.45, 2.75) is 52.2 Å². The van der Waals surface area contributed by atoms with Gasteiger partial charge in [-0.25, -0.2) is 0 Å². The zero-order valence-corrected chi connectivity index (χ0v) is 15.6. The van der Waals surface area contributed by atoms with E-state index in [0.29, 0.717) is 12.1 Å². The number of hydrogen-bond donors (Lipinski definition) is 1. The summed E-state index contributed by atoms with van der Waals surface area (Å²) in [6.45, 7) is 7.76. The van der Waals surface area contributed by atoms with E-state index < -0.39 is 0 Å². The van der Waals surface area contributed by atoms with Gasteiger partial charge in [-0.2, -0.15) is 0 Å². The molecule has 2 nitrogen and oxygen atoms in total. The maximum absolute atomic E-state index is 6.30. The van der Waals surface area contributed by atoms with Gasteiger partial charge in [-0.15, -0.1) is 0 Å². The molecule has 0 amide bonds. The van der Waals surface area contributed by atoms with E-state index in [-0.39, 0.29) is 5.41 Å². The van der Waals surface area contributed by atoms with E-state index in [1.165, 1.54) is 0 Å². The van der Waals surface area contributed by atoms with Gasteiger partial charge >= 0.3 is 0 Å². The van der Waals surface area contributed by atoms with Gasteiger partial charge in [0.25, 0.3) is 0 Å². The van der Waals surface area contributed by atoms with Gasteiger partial charge in [0.15, 0.2) is 0 Å². The average Bonchev–Trinajstić information content (AvgIpc) is 2.41. The smallest absolute Gasteiger partial charge is 0.134 e. The Hall–Kier alpha value is -0.0600. The largest absolute Gasteiger partial charge is 0.489 e. The van der Waals surface area contributed by atoms with Gasteiger partial charge in [-0.3, -0.25) is 0 Å². The van der Waals surface area contributed by atoms with E-state index in [1.54, 1.807) is 0 Å². The Morgan fingerprint density at radius 1 is 1.25 bits per heavy atom. The van der Waals surface area contributed by atoms with E-state index in [9.17, 15) is 0 Å². The third-order valence-electron chi connectivity index (χ3n) is 4.72. The van der Waals surface area contributed by atoms with E-state index in [1.807, 2.05) is 18.2 Å². The summed E-state index contributed by atoms with van der Waals surface area (Å²) in [7, 11) is 0. The van der Waals surface area contributed by atoms with Crippen LogP contribution in [0.1, 0.15) is 40.0 Å². The second-order valence-electron chi connectivity index (χ2n) is 5.47. The number of hydrogen-bond acceptors (Lipinski definition) is 2. The van der Waals surface area contributed by atoms with Gasteiger partial charge in [-0.05, 0) is 53.5 Å². The molecule has 0 aliphatic heterocycles. The molecule has 2 rings (SSSR count). The Labute approximate surface area is 138 Å². The lowest BCUT2D eigenvalue weighted by atomic mass is 9.58. The van der Waals surface area contributed by atoms with Crippen molar-refractivity contribution in [1.29, 1.82) is 0 Å². The van der Waals surface area contributed by atoms with Crippen LogP contribution in [-0.2, 0) is 0 Å². The molecule has 1 aliphatic carbocycles. The van der Waals surface area contributed by atoms with Gasteiger partial charge < -0.3 is 10.1 Å². The minimum atomic E-state index is 0.266. The lowest BCUT2D eigenvalue weighted by molar-refractivity contribution is -0.0857. The summed E-state index contributed by atoms with van der Waals surface area (Å²) in [5.74, 6) is 0.944. The Morgan fingerprint density at radius 3 is 2.50 bits per heavy atom. The van der Waals surface area contributed by atoms with Crippen molar-refractivity contribution >= 4 is 31.9 Å². The summed E-state index contributed by atoms with van der Waals surface area (Å²) < 4.78 is 8.38. The van der Waals surface area contributed by atoms with Crippen molar-refractivity contribution in [3.05, 3.63) is 27.1 Å². The molecule has 0 heterocycles. The number of rotatable bonds is 6. The molecule has 20 heavy (non-hydrogen) atoms. The number of ether oxygens (including phenoxy) is 1. The van der Waals surface area contributed by atoms with Crippen molar-refractivity contribution in [3.63, 3.8) is 0 Å². The van der Waals surface area contributed by atoms with E-state index in [2.05, 4.69) is 57.9 Å². The van der Waals surface area contributed by atoms with Gasteiger partial charge in [0.05, 0.1) is 4.47 Å². The molecule has 1 aliphatic rings. The second-order valence-corrected chi connectivity index (χ2v) is 7.24. The predicted molar refractivity (Wildman–Crippen MR) is 91.4 cm³/mol. The first-order chi connectivity index (χ1) is 9.57. The summed E-state index contributed by atoms with van der Waals surface area (Å²) in [5, 5.41) is 3.62. The molecule has 1 aromatic rings. The van der Waals surface area contributed by atoms with Crippen molar-refractivity contribution in [3.8, 4) is 5.75 Å². The molecule has 2 unspecified atom stereocenters. The maximum Gasteiger partial charge on any atom is 0.134 e. The van der Waals surface area contributed by atoms with Crippen LogP contribution in [0.25, 0.3) is 0 Å².